The van der Waals surface area contributed by atoms with Gasteiger partial charge in [0.1, 0.15) is 5.75 Å². The quantitative estimate of drug-likeness (QED) is 0.652. The van der Waals surface area contributed by atoms with Crippen LogP contribution in [0.3, 0.4) is 0 Å². The van der Waals surface area contributed by atoms with E-state index in [-0.39, 0.29) is 12.5 Å². The third-order valence-corrected chi connectivity index (χ3v) is 3.80. The van der Waals surface area contributed by atoms with Crippen LogP contribution in [0.4, 0.5) is 0 Å². The van der Waals surface area contributed by atoms with Crippen molar-refractivity contribution in [2.24, 2.45) is 5.10 Å². The van der Waals surface area contributed by atoms with Crippen molar-refractivity contribution in [3.63, 3.8) is 0 Å². The molecule has 0 saturated carbocycles. The van der Waals surface area contributed by atoms with Gasteiger partial charge in [-0.2, -0.15) is 16.4 Å². The van der Waals surface area contributed by atoms with Gasteiger partial charge in [-0.1, -0.05) is 26.0 Å². The highest BCUT2D eigenvalue weighted by molar-refractivity contribution is 7.08. The van der Waals surface area contributed by atoms with Crippen LogP contribution in [-0.2, 0) is 4.79 Å². The second-order valence-corrected chi connectivity index (χ2v) is 6.11. The Balaban J connectivity index is 1.89. The highest BCUT2D eigenvalue weighted by Crippen LogP contribution is 2.27. The van der Waals surface area contributed by atoms with Crippen LogP contribution in [0.25, 0.3) is 0 Å². The molecule has 2 aromatic rings. The molecule has 2 rings (SSSR count). The van der Waals surface area contributed by atoms with E-state index in [1.54, 1.807) is 17.6 Å². The molecule has 0 fully saturated rings. The van der Waals surface area contributed by atoms with Gasteiger partial charge in [-0.3, -0.25) is 4.79 Å². The van der Waals surface area contributed by atoms with E-state index in [2.05, 4.69) is 24.4 Å². The van der Waals surface area contributed by atoms with Gasteiger partial charge in [-0.15, -0.1) is 0 Å². The van der Waals surface area contributed by atoms with Gasteiger partial charge in [0.05, 0.1) is 6.21 Å². The van der Waals surface area contributed by atoms with Crippen LogP contribution < -0.4 is 10.2 Å². The Morgan fingerprint density at radius 2 is 2.23 bits per heavy atom. The van der Waals surface area contributed by atoms with Gasteiger partial charge in [0, 0.05) is 5.56 Å². The summed E-state index contributed by atoms with van der Waals surface area (Å²) in [6.07, 6.45) is 1.61. The number of hydrogen-bond acceptors (Lipinski definition) is 4. The van der Waals surface area contributed by atoms with Gasteiger partial charge < -0.3 is 4.74 Å². The summed E-state index contributed by atoms with van der Waals surface area (Å²) in [5.41, 5.74) is 5.63. The third kappa shape index (κ3) is 4.70. The van der Waals surface area contributed by atoms with E-state index in [4.69, 9.17) is 4.74 Å². The molecule has 4 nitrogen and oxygen atoms in total. The van der Waals surface area contributed by atoms with Gasteiger partial charge in [-0.05, 0) is 46.9 Å². The van der Waals surface area contributed by atoms with E-state index in [9.17, 15) is 4.79 Å². The molecular weight excluding hydrogens is 296 g/mol. The number of thiophene rings is 1. The molecular formula is C17H20N2O2S. The first-order chi connectivity index (χ1) is 10.6. The Kier molecular flexibility index (Phi) is 5.72. The maximum atomic E-state index is 11.8. The zero-order valence-electron chi connectivity index (χ0n) is 13.0. The number of ether oxygens (including phenoxy) is 1. The number of rotatable bonds is 6. The van der Waals surface area contributed by atoms with Crippen LogP contribution in [0.5, 0.6) is 5.75 Å². The number of hydrogen-bond donors (Lipinski definition) is 1. The summed E-state index contributed by atoms with van der Waals surface area (Å²) < 4.78 is 5.64. The molecule has 0 aliphatic rings. The third-order valence-electron chi connectivity index (χ3n) is 3.10. The smallest absolute Gasteiger partial charge is 0.277 e. The first-order valence-corrected chi connectivity index (χ1v) is 8.08. The zero-order valence-corrected chi connectivity index (χ0v) is 13.8. The van der Waals surface area contributed by atoms with Crippen molar-refractivity contribution >= 4 is 23.5 Å². The molecule has 0 radical (unpaired) electrons. The molecule has 0 saturated heterocycles. The van der Waals surface area contributed by atoms with Crippen molar-refractivity contribution in [1.82, 2.24) is 5.43 Å². The van der Waals surface area contributed by atoms with Crippen LogP contribution in [0, 0.1) is 6.92 Å². The van der Waals surface area contributed by atoms with Crippen LogP contribution in [0.15, 0.2) is 40.1 Å². The molecule has 0 atom stereocenters. The van der Waals surface area contributed by atoms with Crippen LogP contribution >= 0.6 is 11.3 Å². The van der Waals surface area contributed by atoms with Crippen LogP contribution in [0.2, 0.25) is 0 Å². The molecule has 1 N–H and O–H groups in total. The van der Waals surface area contributed by atoms with Gasteiger partial charge in [-0.25, -0.2) is 5.43 Å². The van der Waals surface area contributed by atoms with Crippen molar-refractivity contribution in [3.05, 3.63) is 51.7 Å². The molecule has 1 heterocycles. The Bertz CT molecular complexity index is 649. The van der Waals surface area contributed by atoms with Crippen molar-refractivity contribution < 1.29 is 9.53 Å². The lowest BCUT2D eigenvalue weighted by atomic mass is 10.0. The largest absolute Gasteiger partial charge is 0.483 e. The van der Waals surface area contributed by atoms with E-state index < -0.39 is 0 Å². The van der Waals surface area contributed by atoms with Crippen molar-refractivity contribution in [2.45, 2.75) is 26.7 Å². The second-order valence-electron chi connectivity index (χ2n) is 5.33. The standard InChI is InChI=1S/C17H20N2O2S/c1-12(2)15-5-4-13(3)8-16(15)21-10-17(20)19-18-9-14-6-7-22-11-14/h4-9,11-12H,10H2,1-3H3,(H,19,20)/b18-9+. The second kappa shape index (κ2) is 7.75. The number of carbonyl (C=O) groups excluding carboxylic acids is 1. The number of aryl methyl sites for hydroxylation is 1. The number of amides is 1. The number of benzene rings is 1. The van der Waals surface area contributed by atoms with E-state index in [0.29, 0.717) is 5.92 Å². The number of nitrogens with one attached hydrogen (secondary N) is 1. The topological polar surface area (TPSA) is 50.7 Å². The lowest BCUT2D eigenvalue weighted by Gasteiger charge is -2.14. The molecule has 0 bridgehead atoms. The van der Waals surface area contributed by atoms with E-state index in [1.807, 2.05) is 41.9 Å². The highest BCUT2D eigenvalue weighted by Gasteiger charge is 2.09. The summed E-state index contributed by atoms with van der Waals surface area (Å²) in [6, 6.07) is 7.98. The van der Waals surface area contributed by atoms with Crippen molar-refractivity contribution in [1.29, 1.82) is 0 Å². The van der Waals surface area contributed by atoms with Crippen LogP contribution in [-0.4, -0.2) is 18.7 Å². The number of hydrazone groups is 1. The Morgan fingerprint density at radius 3 is 2.91 bits per heavy atom. The summed E-state index contributed by atoms with van der Waals surface area (Å²) in [5.74, 6) is 0.824. The molecule has 0 spiro atoms. The number of carbonyl (C=O) groups is 1. The first kappa shape index (κ1) is 16.2. The van der Waals surface area contributed by atoms with Crippen molar-refractivity contribution in [2.75, 3.05) is 6.61 Å². The maximum Gasteiger partial charge on any atom is 0.277 e. The molecule has 0 aliphatic carbocycles. The average molecular weight is 316 g/mol. The van der Waals surface area contributed by atoms with Crippen molar-refractivity contribution in [3.8, 4) is 5.75 Å². The minimum Gasteiger partial charge on any atom is -0.483 e. The predicted molar refractivity (Wildman–Crippen MR) is 90.8 cm³/mol. The summed E-state index contributed by atoms with van der Waals surface area (Å²) in [4.78, 5) is 11.8. The SMILES string of the molecule is Cc1ccc(C(C)C)c(OCC(=O)N/N=C/c2ccsc2)c1. The Morgan fingerprint density at radius 1 is 1.41 bits per heavy atom. The van der Waals surface area contributed by atoms with E-state index in [1.165, 1.54) is 0 Å². The maximum absolute atomic E-state index is 11.8. The lowest BCUT2D eigenvalue weighted by molar-refractivity contribution is -0.123. The molecule has 1 aromatic heterocycles. The predicted octanol–water partition coefficient (Wildman–Crippen LogP) is 3.71. The molecule has 0 aliphatic heterocycles. The normalized spacial score (nSPS) is 11.1. The fourth-order valence-corrected chi connectivity index (χ4v) is 2.56. The summed E-state index contributed by atoms with van der Waals surface area (Å²) >= 11 is 1.58. The summed E-state index contributed by atoms with van der Waals surface area (Å²) in [6.45, 7) is 6.15. The van der Waals surface area contributed by atoms with Gasteiger partial charge >= 0.3 is 0 Å². The molecule has 116 valence electrons. The fraction of sp³-hybridized carbons (Fsp3) is 0.294. The minimum absolute atomic E-state index is 0.0514. The van der Waals surface area contributed by atoms with Gasteiger partial charge in [0.25, 0.3) is 5.91 Å². The monoisotopic (exact) mass is 316 g/mol. The Hall–Kier alpha value is -2.14. The average Bonchev–Trinajstić information content (AvgIpc) is 2.98. The first-order valence-electron chi connectivity index (χ1n) is 7.13. The van der Waals surface area contributed by atoms with E-state index in [0.717, 1.165) is 22.4 Å². The zero-order chi connectivity index (χ0) is 15.9. The van der Waals surface area contributed by atoms with Gasteiger partial charge in [0.15, 0.2) is 6.61 Å². The highest BCUT2D eigenvalue weighted by atomic mass is 32.1. The van der Waals surface area contributed by atoms with Gasteiger partial charge in [0.2, 0.25) is 0 Å². The molecule has 0 unspecified atom stereocenters. The lowest BCUT2D eigenvalue weighted by Crippen LogP contribution is -2.24. The fourth-order valence-electron chi connectivity index (χ4n) is 1.95. The van der Waals surface area contributed by atoms with E-state index >= 15 is 0 Å². The summed E-state index contributed by atoms with van der Waals surface area (Å²) in [7, 11) is 0. The van der Waals surface area contributed by atoms with Crippen LogP contribution in [0.1, 0.15) is 36.5 Å². The molecule has 1 aromatic carbocycles. The summed E-state index contributed by atoms with van der Waals surface area (Å²) in [5, 5.41) is 7.81. The molecule has 1 amide bonds. The Labute approximate surface area is 134 Å². The molecule has 22 heavy (non-hydrogen) atoms. The minimum atomic E-state index is -0.275. The molecule has 5 heteroatoms. The number of nitrogens with zero attached hydrogens (tertiary/aromatic N) is 1.